The highest BCUT2D eigenvalue weighted by atomic mass is 16.5. The molecule has 2 aromatic carbocycles. The topological polar surface area (TPSA) is 30.5 Å². The van der Waals surface area contributed by atoms with Crippen LogP contribution in [0.5, 0.6) is 11.5 Å². The maximum Gasteiger partial charge on any atom is 0.127 e. The lowest BCUT2D eigenvalue weighted by atomic mass is 10.1. The molecule has 1 N–H and O–H groups in total. The number of hydrogen-bond acceptors (Lipinski definition) is 3. The van der Waals surface area contributed by atoms with Crippen LogP contribution in [0.2, 0.25) is 0 Å². The molecule has 3 heteroatoms. The van der Waals surface area contributed by atoms with Crippen molar-refractivity contribution in [3.8, 4) is 11.5 Å². The van der Waals surface area contributed by atoms with Gasteiger partial charge in [0.1, 0.15) is 11.5 Å². The number of aryl methyl sites for hydroxylation is 1. The Hall–Kier alpha value is -2.00. The first-order valence-electron chi connectivity index (χ1n) is 7.87. The summed E-state index contributed by atoms with van der Waals surface area (Å²) < 4.78 is 11.3. The van der Waals surface area contributed by atoms with E-state index in [1.165, 1.54) is 11.1 Å². The van der Waals surface area contributed by atoms with Crippen molar-refractivity contribution in [3.05, 3.63) is 59.2 Å². The van der Waals surface area contributed by atoms with Gasteiger partial charge in [0.2, 0.25) is 0 Å². The fourth-order valence-electron chi connectivity index (χ4n) is 2.39. The van der Waals surface area contributed by atoms with Gasteiger partial charge in [-0.25, -0.2) is 0 Å². The second-order valence-corrected chi connectivity index (χ2v) is 5.23. The lowest BCUT2D eigenvalue weighted by Gasteiger charge is -2.13. The van der Waals surface area contributed by atoms with Crippen molar-refractivity contribution in [1.82, 2.24) is 5.32 Å². The summed E-state index contributed by atoms with van der Waals surface area (Å²) >= 11 is 0. The molecule has 0 amide bonds. The van der Waals surface area contributed by atoms with Gasteiger partial charge in [-0.15, -0.1) is 0 Å². The zero-order valence-electron chi connectivity index (χ0n) is 13.7. The van der Waals surface area contributed by atoms with Gasteiger partial charge in [0.25, 0.3) is 0 Å². The van der Waals surface area contributed by atoms with Crippen LogP contribution in [-0.4, -0.2) is 13.2 Å². The molecule has 118 valence electrons. The molecule has 0 aromatic heterocycles. The van der Waals surface area contributed by atoms with E-state index >= 15 is 0 Å². The van der Waals surface area contributed by atoms with Crippen molar-refractivity contribution >= 4 is 0 Å². The van der Waals surface area contributed by atoms with Crippen LogP contribution in [0.4, 0.5) is 0 Å². The predicted molar refractivity (Wildman–Crippen MR) is 90.5 cm³/mol. The van der Waals surface area contributed by atoms with Crippen molar-refractivity contribution < 1.29 is 9.47 Å². The Bertz CT molecular complexity index is 596. The fourth-order valence-corrected chi connectivity index (χ4v) is 2.39. The minimum atomic E-state index is 0.653. The molecular weight excluding hydrogens is 274 g/mol. The zero-order chi connectivity index (χ0) is 15.8. The summed E-state index contributed by atoms with van der Waals surface area (Å²) in [5, 5.41) is 3.47. The lowest BCUT2D eigenvalue weighted by Crippen LogP contribution is -2.14. The molecule has 2 aromatic rings. The van der Waals surface area contributed by atoms with Crippen molar-refractivity contribution in [1.29, 1.82) is 0 Å². The van der Waals surface area contributed by atoms with Gasteiger partial charge in [0.15, 0.2) is 0 Å². The average molecular weight is 299 g/mol. The number of benzene rings is 2. The standard InChI is InChI=1S/C19H25NO2/c1-4-21-18-10-9-17(19(12-18)22-5-2)14-20-13-16-8-6-7-15(3)11-16/h6-12,20H,4-5,13-14H2,1-3H3. The molecule has 0 atom stereocenters. The third-order valence-corrected chi connectivity index (χ3v) is 3.38. The van der Waals surface area contributed by atoms with Crippen molar-refractivity contribution in [2.24, 2.45) is 0 Å². The molecule has 0 aliphatic carbocycles. The molecule has 0 unspecified atom stereocenters. The Morgan fingerprint density at radius 2 is 1.73 bits per heavy atom. The number of hydrogen-bond donors (Lipinski definition) is 1. The summed E-state index contributed by atoms with van der Waals surface area (Å²) in [5.74, 6) is 1.75. The van der Waals surface area contributed by atoms with E-state index in [-0.39, 0.29) is 0 Å². The SMILES string of the molecule is CCOc1ccc(CNCc2cccc(C)c2)c(OCC)c1. The van der Waals surface area contributed by atoms with E-state index in [2.05, 4.69) is 42.6 Å². The van der Waals surface area contributed by atoms with Gasteiger partial charge in [-0.05, 0) is 32.4 Å². The van der Waals surface area contributed by atoms with Crippen LogP contribution >= 0.6 is 0 Å². The van der Waals surface area contributed by atoms with E-state index < -0.39 is 0 Å². The van der Waals surface area contributed by atoms with Gasteiger partial charge in [-0.1, -0.05) is 35.9 Å². The fraction of sp³-hybridized carbons (Fsp3) is 0.368. The minimum absolute atomic E-state index is 0.653. The van der Waals surface area contributed by atoms with E-state index in [4.69, 9.17) is 9.47 Å². The summed E-state index contributed by atoms with van der Waals surface area (Å²) in [6, 6.07) is 14.6. The van der Waals surface area contributed by atoms with Gasteiger partial charge < -0.3 is 14.8 Å². The van der Waals surface area contributed by atoms with Crippen LogP contribution in [0.1, 0.15) is 30.5 Å². The van der Waals surface area contributed by atoms with Gasteiger partial charge in [0, 0.05) is 24.7 Å². The van der Waals surface area contributed by atoms with Crippen LogP contribution < -0.4 is 14.8 Å². The summed E-state index contributed by atoms with van der Waals surface area (Å²) in [7, 11) is 0. The molecule has 0 radical (unpaired) electrons. The van der Waals surface area contributed by atoms with Crippen molar-refractivity contribution in [3.63, 3.8) is 0 Å². The molecule has 3 nitrogen and oxygen atoms in total. The highest BCUT2D eigenvalue weighted by molar-refractivity contribution is 5.40. The number of ether oxygens (including phenoxy) is 2. The molecule has 0 heterocycles. The first-order chi connectivity index (χ1) is 10.7. The third-order valence-electron chi connectivity index (χ3n) is 3.38. The molecule has 0 fully saturated rings. The Kier molecular flexibility index (Phi) is 6.28. The number of rotatable bonds is 8. The summed E-state index contributed by atoms with van der Waals surface area (Å²) in [6.07, 6.45) is 0. The van der Waals surface area contributed by atoms with E-state index in [1.54, 1.807) is 0 Å². The Balaban J connectivity index is 1.99. The average Bonchev–Trinajstić information content (AvgIpc) is 2.50. The normalized spacial score (nSPS) is 10.5. The highest BCUT2D eigenvalue weighted by Gasteiger charge is 2.06. The molecule has 0 bridgehead atoms. The summed E-state index contributed by atoms with van der Waals surface area (Å²) in [5.41, 5.74) is 3.73. The van der Waals surface area contributed by atoms with Gasteiger partial charge in [-0.2, -0.15) is 0 Å². The molecule has 2 rings (SSSR count). The van der Waals surface area contributed by atoms with E-state index in [0.29, 0.717) is 13.2 Å². The number of nitrogens with one attached hydrogen (secondary N) is 1. The molecule has 0 aliphatic heterocycles. The molecule has 0 spiro atoms. The van der Waals surface area contributed by atoms with Gasteiger partial charge >= 0.3 is 0 Å². The van der Waals surface area contributed by atoms with Gasteiger partial charge in [0.05, 0.1) is 13.2 Å². The quantitative estimate of drug-likeness (QED) is 0.796. The van der Waals surface area contributed by atoms with E-state index in [1.807, 2.05) is 26.0 Å². The minimum Gasteiger partial charge on any atom is -0.494 e. The summed E-state index contributed by atoms with van der Waals surface area (Å²) in [4.78, 5) is 0. The smallest absolute Gasteiger partial charge is 0.127 e. The monoisotopic (exact) mass is 299 g/mol. The second-order valence-electron chi connectivity index (χ2n) is 5.23. The van der Waals surface area contributed by atoms with Crippen LogP contribution in [-0.2, 0) is 13.1 Å². The molecule has 0 aliphatic rings. The predicted octanol–water partition coefficient (Wildman–Crippen LogP) is 4.08. The molecule has 0 saturated heterocycles. The van der Waals surface area contributed by atoms with Gasteiger partial charge in [-0.3, -0.25) is 0 Å². The maximum absolute atomic E-state index is 5.73. The first-order valence-corrected chi connectivity index (χ1v) is 7.87. The van der Waals surface area contributed by atoms with Crippen LogP contribution in [0, 0.1) is 6.92 Å². The maximum atomic E-state index is 5.73. The van der Waals surface area contributed by atoms with E-state index in [0.717, 1.165) is 30.2 Å². The molecule has 0 saturated carbocycles. The van der Waals surface area contributed by atoms with E-state index in [9.17, 15) is 0 Å². The van der Waals surface area contributed by atoms with Crippen molar-refractivity contribution in [2.75, 3.05) is 13.2 Å². The highest BCUT2D eigenvalue weighted by Crippen LogP contribution is 2.25. The van der Waals surface area contributed by atoms with Crippen LogP contribution in [0.15, 0.2) is 42.5 Å². The van der Waals surface area contributed by atoms with Crippen molar-refractivity contribution in [2.45, 2.75) is 33.9 Å². The summed E-state index contributed by atoms with van der Waals surface area (Å²) in [6.45, 7) is 9.03. The second kappa shape index (κ2) is 8.44. The Morgan fingerprint density at radius 1 is 0.909 bits per heavy atom. The lowest BCUT2D eigenvalue weighted by molar-refractivity contribution is 0.320. The van der Waals surface area contributed by atoms with Crippen LogP contribution in [0.25, 0.3) is 0 Å². The Morgan fingerprint density at radius 3 is 2.45 bits per heavy atom. The third kappa shape index (κ3) is 4.78. The molecule has 22 heavy (non-hydrogen) atoms. The first kappa shape index (κ1) is 16.4. The Labute approximate surface area is 133 Å². The zero-order valence-corrected chi connectivity index (χ0v) is 13.7. The largest absolute Gasteiger partial charge is 0.494 e. The van der Waals surface area contributed by atoms with Crippen LogP contribution in [0.3, 0.4) is 0 Å². The molecular formula is C19H25NO2.